The van der Waals surface area contributed by atoms with Crippen molar-refractivity contribution in [2.24, 2.45) is 0 Å². The van der Waals surface area contributed by atoms with Crippen molar-refractivity contribution in [3.05, 3.63) is 42.0 Å². The number of aryl methyl sites for hydroxylation is 1. The average molecular weight is 248 g/mol. The molecule has 1 rings (SSSR count). The highest BCUT2D eigenvalue weighted by Crippen LogP contribution is 2.14. The van der Waals surface area contributed by atoms with Crippen LogP contribution in [0.1, 0.15) is 15.9 Å². The third-order valence-electron chi connectivity index (χ3n) is 2.49. The molecule has 0 aliphatic carbocycles. The van der Waals surface area contributed by atoms with Gasteiger partial charge in [0.25, 0.3) is 5.91 Å². The molecule has 0 heterocycles. The summed E-state index contributed by atoms with van der Waals surface area (Å²) in [4.78, 5) is 24.0. The number of amides is 1. The highest BCUT2D eigenvalue weighted by molar-refractivity contribution is 5.96. The first-order valence-corrected chi connectivity index (χ1v) is 5.43. The van der Waals surface area contributed by atoms with Gasteiger partial charge in [-0.25, -0.2) is 0 Å². The van der Waals surface area contributed by atoms with Crippen molar-refractivity contribution in [3.63, 3.8) is 0 Å². The molecular formula is C13H16N2O3. The molecule has 1 aromatic rings. The number of rotatable bonds is 5. The van der Waals surface area contributed by atoms with Gasteiger partial charge in [0.2, 0.25) is 0 Å². The second-order valence-corrected chi connectivity index (χ2v) is 3.94. The molecule has 96 valence electrons. The summed E-state index contributed by atoms with van der Waals surface area (Å²) in [5.41, 5.74) is 7.49. The van der Waals surface area contributed by atoms with E-state index in [9.17, 15) is 9.59 Å². The smallest absolute Gasteiger partial charge is 0.323 e. The van der Waals surface area contributed by atoms with Crippen molar-refractivity contribution in [1.82, 2.24) is 4.90 Å². The van der Waals surface area contributed by atoms with Crippen molar-refractivity contribution in [2.45, 2.75) is 6.92 Å². The highest BCUT2D eigenvalue weighted by Gasteiger charge is 2.17. The van der Waals surface area contributed by atoms with Crippen LogP contribution in [0.25, 0.3) is 0 Å². The van der Waals surface area contributed by atoms with Gasteiger partial charge in [-0.05, 0) is 24.6 Å². The molecule has 0 saturated carbocycles. The molecule has 1 aromatic carbocycles. The van der Waals surface area contributed by atoms with E-state index in [-0.39, 0.29) is 19.0 Å². The van der Waals surface area contributed by atoms with Gasteiger partial charge in [-0.1, -0.05) is 12.1 Å². The maximum absolute atomic E-state index is 12.1. The van der Waals surface area contributed by atoms with Gasteiger partial charge in [-0.2, -0.15) is 0 Å². The van der Waals surface area contributed by atoms with E-state index < -0.39 is 5.97 Å². The minimum Gasteiger partial charge on any atom is -0.480 e. The van der Waals surface area contributed by atoms with Gasteiger partial charge in [-0.15, -0.1) is 6.58 Å². The first kappa shape index (κ1) is 13.8. The lowest BCUT2D eigenvalue weighted by Crippen LogP contribution is -2.35. The molecule has 0 bridgehead atoms. The van der Waals surface area contributed by atoms with Crippen LogP contribution in [0, 0.1) is 6.92 Å². The number of benzene rings is 1. The van der Waals surface area contributed by atoms with E-state index in [1.165, 1.54) is 11.0 Å². The van der Waals surface area contributed by atoms with E-state index >= 15 is 0 Å². The van der Waals surface area contributed by atoms with Gasteiger partial charge in [0.05, 0.1) is 0 Å². The van der Waals surface area contributed by atoms with Crippen LogP contribution in [-0.4, -0.2) is 35.0 Å². The van der Waals surface area contributed by atoms with Crippen LogP contribution in [-0.2, 0) is 4.79 Å². The lowest BCUT2D eigenvalue weighted by molar-refractivity contribution is -0.137. The van der Waals surface area contributed by atoms with Crippen LogP contribution in [0.3, 0.4) is 0 Å². The molecule has 3 N–H and O–H groups in total. The summed E-state index contributed by atoms with van der Waals surface area (Å²) >= 11 is 0. The standard InChI is InChI=1S/C13H16N2O3/c1-3-6-15(8-12(16)17)13(18)10-5-4-9(2)11(14)7-10/h3-5,7H,1,6,8,14H2,2H3,(H,16,17). The normalized spacial score (nSPS) is 9.83. The molecule has 5 heteroatoms. The van der Waals surface area contributed by atoms with Crippen molar-refractivity contribution in [3.8, 4) is 0 Å². The van der Waals surface area contributed by atoms with Gasteiger partial charge in [-0.3, -0.25) is 9.59 Å². The Kier molecular flexibility index (Phi) is 4.48. The van der Waals surface area contributed by atoms with E-state index in [2.05, 4.69) is 6.58 Å². The first-order chi connectivity index (χ1) is 8.45. The van der Waals surface area contributed by atoms with Crippen molar-refractivity contribution in [1.29, 1.82) is 0 Å². The van der Waals surface area contributed by atoms with E-state index in [0.29, 0.717) is 11.3 Å². The lowest BCUT2D eigenvalue weighted by Gasteiger charge is -2.19. The summed E-state index contributed by atoms with van der Waals surface area (Å²) in [6.45, 7) is 5.16. The zero-order valence-electron chi connectivity index (χ0n) is 10.2. The largest absolute Gasteiger partial charge is 0.480 e. The fourth-order valence-electron chi connectivity index (χ4n) is 1.49. The molecule has 0 aliphatic heterocycles. The number of carboxylic acids is 1. The Morgan fingerprint density at radius 1 is 1.50 bits per heavy atom. The Balaban J connectivity index is 2.97. The van der Waals surface area contributed by atoms with Crippen LogP contribution in [0.5, 0.6) is 0 Å². The molecule has 0 unspecified atom stereocenters. The number of nitrogens with two attached hydrogens (primary N) is 1. The number of hydrogen-bond donors (Lipinski definition) is 2. The summed E-state index contributed by atoms with van der Waals surface area (Å²) in [7, 11) is 0. The molecule has 5 nitrogen and oxygen atoms in total. The maximum atomic E-state index is 12.1. The third-order valence-corrected chi connectivity index (χ3v) is 2.49. The molecule has 18 heavy (non-hydrogen) atoms. The van der Waals surface area contributed by atoms with Gasteiger partial charge in [0.1, 0.15) is 6.54 Å². The quantitative estimate of drug-likeness (QED) is 0.607. The number of hydrogen-bond acceptors (Lipinski definition) is 3. The number of aliphatic carboxylic acids is 1. The summed E-state index contributed by atoms with van der Waals surface area (Å²) in [5.74, 6) is -1.44. The van der Waals surface area contributed by atoms with Crippen LogP contribution in [0.15, 0.2) is 30.9 Å². The average Bonchev–Trinajstić information content (AvgIpc) is 2.31. The van der Waals surface area contributed by atoms with E-state index in [1.807, 2.05) is 6.92 Å². The number of nitrogens with zero attached hydrogens (tertiary/aromatic N) is 1. The number of carbonyl (C=O) groups is 2. The van der Waals surface area contributed by atoms with Gasteiger partial charge >= 0.3 is 5.97 Å². The second-order valence-electron chi connectivity index (χ2n) is 3.94. The van der Waals surface area contributed by atoms with Crippen molar-refractivity contribution < 1.29 is 14.7 Å². The van der Waals surface area contributed by atoms with Crippen LogP contribution >= 0.6 is 0 Å². The molecule has 0 radical (unpaired) electrons. The predicted molar refractivity (Wildman–Crippen MR) is 69.3 cm³/mol. The molecular weight excluding hydrogens is 232 g/mol. The summed E-state index contributed by atoms with van der Waals surface area (Å²) in [6, 6.07) is 4.91. The number of carbonyl (C=O) groups excluding carboxylic acids is 1. The molecule has 0 fully saturated rings. The van der Waals surface area contributed by atoms with Gasteiger partial charge < -0.3 is 15.7 Å². The van der Waals surface area contributed by atoms with Crippen LogP contribution in [0.2, 0.25) is 0 Å². The SMILES string of the molecule is C=CCN(CC(=O)O)C(=O)c1ccc(C)c(N)c1. The molecule has 0 spiro atoms. The van der Waals surface area contributed by atoms with E-state index in [0.717, 1.165) is 5.56 Å². The molecule has 0 aliphatic rings. The summed E-state index contributed by atoms with van der Waals surface area (Å²) < 4.78 is 0. The molecule has 0 atom stereocenters. The lowest BCUT2D eigenvalue weighted by atomic mass is 10.1. The minimum absolute atomic E-state index is 0.179. The molecule has 0 aromatic heterocycles. The van der Waals surface area contributed by atoms with Gasteiger partial charge in [0, 0.05) is 17.8 Å². The highest BCUT2D eigenvalue weighted by atomic mass is 16.4. The maximum Gasteiger partial charge on any atom is 0.323 e. The van der Waals surface area contributed by atoms with Crippen LogP contribution < -0.4 is 5.73 Å². The molecule has 0 saturated heterocycles. The predicted octanol–water partition coefficient (Wildman–Crippen LogP) is 1.29. The fraction of sp³-hybridized carbons (Fsp3) is 0.231. The Bertz CT molecular complexity index is 483. The minimum atomic E-state index is -1.06. The summed E-state index contributed by atoms with van der Waals surface area (Å²) in [5, 5.41) is 8.75. The zero-order chi connectivity index (χ0) is 13.7. The number of anilines is 1. The van der Waals surface area contributed by atoms with Crippen LogP contribution in [0.4, 0.5) is 5.69 Å². The molecule has 1 amide bonds. The monoisotopic (exact) mass is 248 g/mol. The van der Waals surface area contributed by atoms with Gasteiger partial charge in [0.15, 0.2) is 0 Å². The Labute approximate surface area is 106 Å². The number of nitrogen functional groups attached to an aromatic ring is 1. The first-order valence-electron chi connectivity index (χ1n) is 5.43. The number of carboxylic acid groups (broad SMARTS) is 1. The zero-order valence-corrected chi connectivity index (χ0v) is 10.2. The fourth-order valence-corrected chi connectivity index (χ4v) is 1.49. The summed E-state index contributed by atoms with van der Waals surface area (Å²) in [6.07, 6.45) is 1.48. The van der Waals surface area contributed by atoms with E-state index in [1.54, 1.807) is 18.2 Å². The second kappa shape index (κ2) is 5.86. The Morgan fingerprint density at radius 3 is 2.67 bits per heavy atom. The van der Waals surface area contributed by atoms with Crippen molar-refractivity contribution in [2.75, 3.05) is 18.8 Å². The Morgan fingerprint density at radius 2 is 2.17 bits per heavy atom. The van der Waals surface area contributed by atoms with Crippen molar-refractivity contribution >= 4 is 17.6 Å². The van der Waals surface area contributed by atoms with E-state index in [4.69, 9.17) is 10.8 Å². The third kappa shape index (κ3) is 3.35. The Hall–Kier alpha value is -2.30. The topological polar surface area (TPSA) is 83.6 Å².